The molecule has 2 aromatic carbocycles. The molecule has 2 rings (SSSR count). The molecular weight excluding hydrogens is 240 g/mol. The van der Waals surface area contributed by atoms with Crippen molar-refractivity contribution in [2.45, 2.75) is 12.5 Å². The van der Waals surface area contributed by atoms with E-state index in [1.165, 1.54) is 0 Å². The van der Waals surface area contributed by atoms with E-state index in [1.54, 1.807) is 12.1 Å². The Morgan fingerprint density at radius 3 is 2.16 bits per heavy atom. The van der Waals surface area contributed by atoms with Crippen molar-refractivity contribution in [3.05, 3.63) is 71.8 Å². The molecule has 1 unspecified atom stereocenters. The van der Waals surface area contributed by atoms with Gasteiger partial charge in [-0.3, -0.25) is 0 Å². The van der Waals surface area contributed by atoms with Gasteiger partial charge in [-0.15, -0.1) is 0 Å². The minimum atomic E-state index is -0.959. The molecule has 0 aliphatic heterocycles. The van der Waals surface area contributed by atoms with Crippen LogP contribution in [0.15, 0.2) is 60.7 Å². The zero-order valence-corrected chi connectivity index (χ0v) is 10.5. The maximum absolute atomic E-state index is 11.2. The van der Waals surface area contributed by atoms with Crippen molar-refractivity contribution >= 4 is 5.97 Å². The molecule has 0 fully saturated rings. The topological polar surface area (TPSA) is 46.5 Å². The molecule has 0 bridgehead atoms. The van der Waals surface area contributed by atoms with Gasteiger partial charge < -0.3 is 9.84 Å². The van der Waals surface area contributed by atoms with Crippen molar-refractivity contribution < 1.29 is 14.6 Å². The van der Waals surface area contributed by atoms with Gasteiger partial charge in [0.1, 0.15) is 0 Å². The molecule has 0 radical (unpaired) electrons. The first-order valence-corrected chi connectivity index (χ1v) is 6.20. The summed E-state index contributed by atoms with van der Waals surface area (Å²) >= 11 is 0. The van der Waals surface area contributed by atoms with Gasteiger partial charge in [-0.25, -0.2) is 4.79 Å². The fraction of sp³-hybridized carbons (Fsp3) is 0.188. The number of hydrogen-bond donors (Lipinski definition) is 1. The van der Waals surface area contributed by atoms with Gasteiger partial charge in [-0.1, -0.05) is 60.7 Å². The summed E-state index contributed by atoms with van der Waals surface area (Å²) in [5.41, 5.74) is 1.81. The Bertz CT molecular complexity index is 508. The third-order valence-electron chi connectivity index (χ3n) is 2.84. The summed E-state index contributed by atoms with van der Waals surface area (Å²) < 4.78 is 5.49. The zero-order valence-electron chi connectivity index (χ0n) is 10.5. The van der Waals surface area contributed by atoms with Crippen molar-refractivity contribution in [3.8, 4) is 0 Å². The summed E-state index contributed by atoms with van der Waals surface area (Å²) in [6, 6.07) is 18.9. The molecule has 0 aliphatic carbocycles. The summed E-state index contributed by atoms with van der Waals surface area (Å²) in [5, 5.41) is 9.20. The quantitative estimate of drug-likeness (QED) is 0.864. The average Bonchev–Trinajstić information content (AvgIpc) is 2.45. The Morgan fingerprint density at radius 2 is 1.58 bits per heavy atom. The highest BCUT2D eigenvalue weighted by Gasteiger charge is 2.19. The lowest BCUT2D eigenvalue weighted by atomic mass is 10.1. The van der Waals surface area contributed by atoms with Gasteiger partial charge in [-0.05, 0) is 17.5 Å². The number of carboxylic acid groups (broad SMARTS) is 1. The van der Waals surface area contributed by atoms with E-state index in [-0.39, 0.29) is 0 Å². The summed E-state index contributed by atoms with van der Waals surface area (Å²) in [6.45, 7) is 0.385. The number of aliphatic carboxylic acids is 1. The van der Waals surface area contributed by atoms with Crippen LogP contribution in [0.3, 0.4) is 0 Å². The molecular formula is C16H16O3. The van der Waals surface area contributed by atoms with Crippen molar-refractivity contribution in [1.29, 1.82) is 0 Å². The second kappa shape index (κ2) is 6.71. The first-order valence-electron chi connectivity index (χ1n) is 6.20. The van der Waals surface area contributed by atoms with Crippen LogP contribution in [-0.2, 0) is 16.0 Å². The lowest BCUT2D eigenvalue weighted by molar-refractivity contribution is -0.150. The Kier molecular flexibility index (Phi) is 4.70. The number of benzene rings is 2. The number of rotatable bonds is 6. The van der Waals surface area contributed by atoms with Crippen molar-refractivity contribution in [2.24, 2.45) is 0 Å². The standard InChI is InChI=1S/C16H16O3/c17-16(18)15(14-9-5-2-6-10-14)19-12-11-13-7-3-1-4-8-13/h1-10,15H,11-12H2,(H,17,18). The molecule has 98 valence electrons. The lowest BCUT2D eigenvalue weighted by Crippen LogP contribution is -2.16. The maximum atomic E-state index is 11.2. The monoisotopic (exact) mass is 256 g/mol. The number of hydrogen-bond acceptors (Lipinski definition) is 2. The molecule has 3 nitrogen and oxygen atoms in total. The highest BCUT2D eigenvalue weighted by Crippen LogP contribution is 2.17. The highest BCUT2D eigenvalue weighted by molar-refractivity contribution is 5.74. The Balaban J connectivity index is 1.94. The van der Waals surface area contributed by atoms with E-state index >= 15 is 0 Å². The second-order valence-corrected chi connectivity index (χ2v) is 4.24. The van der Waals surface area contributed by atoms with E-state index < -0.39 is 12.1 Å². The second-order valence-electron chi connectivity index (χ2n) is 4.24. The van der Waals surface area contributed by atoms with Gasteiger partial charge in [0.15, 0.2) is 6.10 Å². The summed E-state index contributed by atoms with van der Waals surface area (Å²) in [7, 11) is 0. The molecule has 19 heavy (non-hydrogen) atoms. The van der Waals surface area contributed by atoms with Crippen LogP contribution in [-0.4, -0.2) is 17.7 Å². The number of carboxylic acids is 1. The van der Waals surface area contributed by atoms with E-state index in [1.807, 2.05) is 48.5 Å². The largest absolute Gasteiger partial charge is 0.479 e. The van der Waals surface area contributed by atoms with Gasteiger partial charge in [0.25, 0.3) is 0 Å². The lowest BCUT2D eigenvalue weighted by Gasteiger charge is -2.13. The molecule has 0 aromatic heterocycles. The van der Waals surface area contributed by atoms with E-state index in [0.717, 1.165) is 5.56 Å². The molecule has 0 spiro atoms. The van der Waals surface area contributed by atoms with Crippen LogP contribution in [0.25, 0.3) is 0 Å². The Morgan fingerprint density at radius 1 is 1.00 bits per heavy atom. The number of carbonyl (C=O) groups is 1. The molecule has 0 saturated heterocycles. The Labute approximate surface area is 112 Å². The molecule has 0 heterocycles. The minimum Gasteiger partial charge on any atom is -0.479 e. The van der Waals surface area contributed by atoms with Crippen molar-refractivity contribution in [1.82, 2.24) is 0 Å². The Hall–Kier alpha value is -2.13. The predicted molar refractivity (Wildman–Crippen MR) is 72.9 cm³/mol. The third kappa shape index (κ3) is 3.93. The fourth-order valence-electron chi connectivity index (χ4n) is 1.88. The van der Waals surface area contributed by atoms with Crippen LogP contribution in [0.5, 0.6) is 0 Å². The van der Waals surface area contributed by atoms with Crippen molar-refractivity contribution in [2.75, 3.05) is 6.61 Å². The molecule has 0 saturated carbocycles. The van der Waals surface area contributed by atoms with Gasteiger partial charge in [0.2, 0.25) is 0 Å². The van der Waals surface area contributed by atoms with Crippen LogP contribution in [0.4, 0.5) is 0 Å². The van der Waals surface area contributed by atoms with E-state index in [0.29, 0.717) is 18.6 Å². The molecule has 3 heteroatoms. The normalized spacial score (nSPS) is 12.0. The SMILES string of the molecule is O=C(O)C(OCCc1ccccc1)c1ccccc1. The fourth-order valence-corrected chi connectivity index (χ4v) is 1.88. The van der Waals surface area contributed by atoms with Gasteiger partial charge >= 0.3 is 5.97 Å². The van der Waals surface area contributed by atoms with E-state index in [2.05, 4.69) is 0 Å². The molecule has 1 atom stereocenters. The van der Waals surface area contributed by atoms with E-state index in [9.17, 15) is 9.90 Å². The first kappa shape index (κ1) is 13.3. The van der Waals surface area contributed by atoms with Gasteiger partial charge in [0, 0.05) is 0 Å². The van der Waals surface area contributed by atoms with Crippen LogP contribution in [0.1, 0.15) is 17.2 Å². The van der Waals surface area contributed by atoms with Gasteiger partial charge in [-0.2, -0.15) is 0 Å². The average molecular weight is 256 g/mol. The first-order chi connectivity index (χ1) is 9.27. The molecule has 0 amide bonds. The minimum absolute atomic E-state index is 0.385. The van der Waals surface area contributed by atoms with Crippen LogP contribution in [0.2, 0.25) is 0 Å². The molecule has 0 aliphatic rings. The predicted octanol–water partition coefficient (Wildman–Crippen LogP) is 3.07. The molecule has 1 N–H and O–H groups in total. The van der Waals surface area contributed by atoms with Crippen molar-refractivity contribution in [3.63, 3.8) is 0 Å². The summed E-state index contributed by atoms with van der Waals surface area (Å²) in [6.07, 6.45) is -0.192. The summed E-state index contributed by atoms with van der Waals surface area (Å²) in [5.74, 6) is -0.959. The zero-order chi connectivity index (χ0) is 13.5. The van der Waals surface area contributed by atoms with Crippen LogP contribution >= 0.6 is 0 Å². The van der Waals surface area contributed by atoms with E-state index in [4.69, 9.17) is 4.74 Å². The highest BCUT2D eigenvalue weighted by atomic mass is 16.5. The van der Waals surface area contributed by atoms with Gasteiger partial charge in [0.05, 0.1) is 6.61 Å². The van der Waals surface area contributed by atoms with Crippen LogP contribution < -0.4 is 0 Å². The van der Waals surface area contributed by atoms with Crippen LogP contribution in [0, 0.1) is 0 Å². The third-order valence-corrected chi connectivity index (χ3v) is 2.84. The number of ether oxygens (including phenoxy) is 1. The smallest absolute Gasteiger partial charge is 0.337 e. The maximum Gasteiger partial charge on any atom is 0.337 e. The molecule has 2 aromatic rings. The summed E-state index contributed by atoms with van der Waals surface area (Å²) in [4.78, 5) is 11.2.